The van der Waals surface area contributed by atoms with E-state index in [4.69, 9.17) is 9.84 Å². The molecule has 0 radical (unpaired) electrons. The lowest BCUT2D eigenvalue weighted by molar-refractivity contribution is 0.0691. The number of carboxylic acid groups (broad SMARTS) is 1. The molecule has 0 saturated heterocycles. The molecular weight excluding hydrogens is 196 g/mol. The Balaban J connectivity index is 2.69. The number of carbonyl (C=O) groups excluding carboxylic acids is 1. The van der Waals surface area contributed by atoms with Gasteiger partial charge in [-0.15, -0.1) is 0 Å². The van der Waals surface area contributed by atoms with Crippen LogP contribution in [0.1, 0.15) is 32.7 Å². The lowest BCUT2D eigenvalue weighted by Crippen LogP contribution is -2.19. The number of aromatic carboxylic acids is 1. The lowest BCUT2D eigenvalue weighted by Gasteiger charge is -2.19. The Morgan fingerprint density at radius 3 is 2.87 bits per heavy atom. The Bertz CT molecular complexity index is 448. The summed E-state index contributed by atoms with van der Waals surface area (Å²) in [5.41, 5.74) is 1.24. The third-order valence-corrected chi connectivity index (χ3v) is 2.45. The number of carbonyl (C=O) groups is 2. The van der Waals surface area contributed by atoms with Crippen molar-refractivity contribution in [3.05, 3.63) is 28.8 Å². The van der Waals surface area contributed by atoms with Gasteiger partial charge in [0, 0.05) is 6.42 Å². The third kappa shape index (κ3) is 1.48. The lowest BCUT2D eigenvalue weighted by atomic mass is 9.96. The maximum atomic E-state index is 11.6. The molecule has 1 aromatic rings. The SMILES string of the molecule is Cc1ccc(C(=O)O)c2c1C(=O)CCO2. The summed E-state index contributed by atoms with van der Waals surface area (Å²) in [5.74, 6) is -0.892. The molecule has 1 aliphatic rings. The Morgan fingerprint density at radius 1 is 1.47 bits per heavy atom. The van der Waals surface area contributed by atoms with Gasteiger partial charge in [0.15, 0.2) is 5.78 Å². The molecule has 0 fully saturated rings. The van der Waals surface area contributed by atoms with Crippen LogP contribution in [0.3, 0.4) is 0 Å². The van der Waals surface area contributed by atoms with E-state index < -0.39 is 5.97 Å². The van der Waals surface area contributed by atoms with Gasteiger partial charge in [-0.05, 0) is 18.6 Å². The van der Waals surface area contributed by atoms with Crippen molar-refractivity contribution in [2.75, 3.05) is 6.61 Å². The van der Waals surface area contributed by atoms with Gasteiger partial charge >= 0.3 is 5.97 Å². The second-order valence-corrected chi connectivity index (χ2v) is 3.46. The topological polar surface area (TPSA) is 63.6 Å². The van der Waals surface area contributed by atoms with Crippen LogP contribution in [0.2, 0.25) is 0 Å². The van der Waals surface area contributed by atoms with Crippen molar-refractivity contribution in [1.82, 2.24) is 0 Å². The van der Waals surface area contributed by atoms with Gasteiger partial charge < -0.3 is 9.84 Å². The maximum Gasteiger partial charge on any atom is 0.339 e. The van der Waals surface area contributed by atoms with Crippen LogP contribution in [0.4, 0.5) is 0 Å². The zero-order valence-electron chi connectivity index (χ0n) is 8.24. The van der Waals surface area contributed by atoms with Crippen LogP contribution in [0.25, 0.3) is 0 Å². The fraction of sp³-hybridized carbons (Fsp3) is 0.273. The molecule has 1 aromatic carbocycles. The minimum Gasteiger partial charge on any atom is -0.491 e. The second kappa shape index (κ2) is 3.38. The molecule has 0 spiro atoms. The summed E-state index contributed by atoms with van der Waals surface area (Å²) in [5, 5.41) is 8.93. The second-order valence-electron chi connectivity index (χ2n) is 3.46. The van der Waals surface area contributed by atoms with Crippen molar-refractivity contribution in [1.29, 1.82) is 0 Å². The number of aryl methyl sites for hydroxylation is 1. The Morgan fingerprint density at radius 2 is 2.20 bits per heavy atom. The summed E-state index contributed by atoms with van der Waals surface area (Å²) >= 11 is 0. The molecule has 0 unspecified atom stereocenters. The average molecular weight is 206 g/mol. The highest BCUT2D eigenvalue weighted by Gasteiger charge is 2.25. The van der Waals surface area contributed by atoms with Gasteiger partial charge in [-0.1, -0.05) is 6.07 Å². The van der Waals surface area contributed by atoms with Crippen molar-refractivity contribution in [2.45, 2.75) is 13.3 Å². The molecule has 0 aromatic heterocycles. The van der Waals surface area contributed by atoms with E-state index in [-0.39, 0.29) is 23.7 Å². The quantitative estimate of drug-likeness (QED) is 0.758. The molecule has 2 rings (SSSR count). The van der Waals surface area contributed by atoms with E-state index in [2.05, 4.69) is 0 Å². The third-order valence-electron chi connectivity index (χ3n) is 2.45. The van der Waals surface area contributed by atoms with E-state index in [0.29, 0.717) is 12.0 Å². The van der Waals surface area contributed by atoms with Crippen molar-refractivity contribution in [2.24, 2.45) is 0 Å². The number of carboxylic acids is 1. The van der Waals surface area contributed by atoms with Gasteiger partial charge in [0.2, 0.25) is 0 Å². The molecule has 1 aliphatic heterocycles. The summed E-state index contributed by atoms with van der Waals surface area (Å²) in [4.78, 5) is 22.5. The highest BCUT2D eigenvalue weighted by Crippen LogP contribution is 2.31. The van der Waals surface area contributed by atoms with E-state index in [1.165, 1.54) is 6.07 Å². The number of fused-ring (bicyclic) bond motifs is 1. The largest absolute Gasteiger partial charge is 0.491 e. The number of rotatable bonds is 1. The highest BCUT2D eigenvalue weighted by atomic mass is 16.5. The Hall–Kier alpha value is -1.84. The van der Waals surface area contributed by atoms with E-state index in [0.717, 1.165) is 5.56 Å². The van der Waals surface area contributed by atoms with Gasteiger partial charge in [0.1, 0.15) is 11.3 Å². The molecule has 0 bridgehead atoms. The van der Waals surface area contributed by atoms with Crippen LogP contribution in [0.5, 0.6) is 5.75 Å². The van der Waals surface area contributed by atoms with Crippen LogP contribution in [0.15, 0.2) is 12.1 Å². The van der Waals surface area contributed by atoms with Gasteiger partial charge in [-0.3, -0.25) is 4.79 Å². The van der Waals surface area contributed by atoms with Crippen LogP contribution >= 0.6 is 0 Å². The summed E-state index contributed by atoms with van der Waals surface area (Å²) in [6.07, 6.45) is 0.316. The van der Waals surface area contributed by atoms with Crippen LogP contribution in [-0.4, -0.2) is 23.5 Å². The zero-order valence-corrected chi connectivity index (χ0v) is 8.24. The number of Topliss-reactive ketones (excluding diaryl/α,β-unsaturated/α-hetero) is 1. The molecule has 0 atom stereocenters. The van der Waals surface area contributed by atoms with E-state index in [9.17, 15) is 9.59 Å². The molecule has 4 nitrogen and oxygen atoms in total. The molecule has 0 aliphatic carbocycles. The smallest absolute Gasteiger partial charge is 0.339 e. The zero-order chi connectivity index (χ0) is 11.0. The van der Waals surface area contributed by atoms with Crippen molar-refractivity contribution in [3.63, 3.8) is 0 Å². The first-order chi connectivity index (χ1) is 7.11. The van der Waals surface area contributed by atoms with Gasteiger partial charge in [0.05, 0.1) is 12.2 Å². The van der Waals surface area contributed by atoms with Crippen LogP contribution in [0, 0.1) is 6.92 Å². The monoisotopic (exact) mass is 206 g/mol. The fourth-order valence-corrected chi connectivity index (χ4v) is 1.72. The molecule has 78 valence electrons. The van der Waals surface area contributed by atoms with Gasteiger partial charge in [-0.25, -0.2) is 4.79 Å². The first-order valence-corrected chi connectivity index (χ1v) is 4.64. The van der Waals surface area contributed by atoms with E-state index >= 15 is 0 Å². The Labute approximate surface area is 86.5 Å². The van der Waals surface area contributed by atoms with E-state index in [1.807, 2.05) is 0 Å². The average Bonchev–Trinajstić information content (AvgIpc) is 2.17. The number of ether oxygens (including phenoxy) is 1. The first-order valence-electron chi connectivity index (χ1n) is 4.64. The number of benzene rings is 1. The summed E-state index contributed by atoms with van der Waals surface area (Å²) < 4.78 is 5.27. The predicted molar refractivity (Wildman–Crippen MR) is 52.6 cm³/mol. The molecule has 1 heterocycles. The summed E-state index contributed by atoms with van der Waals surface area (Å²) in [6, 6.07) is 3.10. The van der Waals surface area contributed by atoms with Crippen molar-refractivity contribution in [3.8, 4) is 5.75 Å². The maximum absolute atomic E-state index is 11.6. The predicted octanol–water partition coefficient (Wildman–Crippen LogP) is 1.66. The standard InChI is InChI=1S/C11H10O4/c1-6-2-3-7(11(13)14)10-9(6)8(12)4-5-15-10/h2-3H,4-5H2,1H3,(H,13,14). The van der Waals surface area contributed by atoms with E-state index in [1.54, 1.807) is 13.0 Å². The number of hydrogen-bond acceptors (Lipinski definition) is 3. The molecule has 0 amide bonds. The molecule has 1 N–H and O–H groups in total. The number of hydrogen-bond donors (Lipinski definition) is 1. The molecule has 15 heavy (non-hydrogen) atoms. The van der Waals surface area contributed by atoms with Crippen molar-refractivity contribution >= 4 is 11.8 Å². The van der Waals surface area contributed by atoms with Crippen LogP contribution in [-0.2, 0) is 0 Å². The minimum absolute atomic E-state index is 0.0446. The highest BCUT2D eigenvalue weighted by molar-refractivity contribution is 6.05. The van der Waals surface area contributed by atoms with Crippen molar-refractivity contribution < 1.29 is 19.4 Å². The van der Waals surface area contributed by atoms with Gasteiger partial charge in [-0.2, -0.15) is 0 Å². The number of ketones is 1. The van der Waals surface area contributed by atoms with Crippen LogP contribution < -0.4 is 4.74 Å². The fourth-order valence-electron chi connectivity index (χ4n) is 1.72. The normalized spacial score (nSPS) is 14.3. The molecule has 4 heteroatoms. The Kier molecular flexibility index (Phi) is 2.19. The summed E-state index contributed by atoms with van der Waals surface area (Å²) in [7, 11) is 0. The summed E-state index contributed by atoms with van der Waals surface area (Å²) in [6.45, 7) is 2.03. The molecular formula is C11H10O4. The molecule has 0 saturated carbocycles. The first kappa shape index (κ1) is 9.71. The minimum atomic E-state index is -1.07. The van der Waals surface area contributed by atoms with Gasteiger partial charge in [0.25, 0.3) is 0 Å².